The van der Waals surface area contributed by atoms with Crippen molar-refractivity contribution in [1.29, 1.82) is 0 Å². The van der Waals surface area contributed by atoms with E-state index in [0.717, 1.165) is 43.5 Å². The van der Waals surface area contributed by atoms with Gasteiger partial charge in [-0.3, -0.25) is 9.89 Å². The molecular weight excluding hydrogens is 310 g/mol. The van der Waals surface area contributed by atoms with Crippen LogP contribution >= 0.6 is 11.3 Å². The molecule has 2 N–H and O–H groups in total. The maximum atomic E-state index is 12.8. The van der Waals surface area contributed by atoms with Gasteiger partial charge in [-0.25, -0.2) is 0 Å². The first kappa shape index (κ1) is 16.2. The number of H-pyrrole nitrogens is 1. The highest BCUT2D eigenvalue weighted by Gasteiger charge is 2.36. The van der Waals surface area contributed by atoms with Crippen molar-refractivity contribution < 1.29 is 9.90 Å². The van der Waals surface area contributed by atoms with E-state index in [-0.39, 0.29) is 17.9 Å². The second kappa shape index (κ2) is 6.84. The largest absolute Gasteiger partial charge is 0.396 e. The number of piperidine rings is 1. The molecule has 1 atom stereocenters. The predicted molar refractivity (Wildman–Crippen MR) is 91.5 cm³/mol. The van der Waals surface area contributed by atoms with E-state index in [0.29, 0.717) is 12.2 Å². The fourth-order valence-electron chi connectivity index (χ4n) is 3.48. The second-order valence-corrected chi connectivity index (χ2v) is 7.20. The van der Waals surface area contributed by atoms with Crippen LogP contribution in [-0.4, -0.2) is 45.8 Å². The minimum atomic E-state index is -0.140. The highest BCUT2D eigenvalue weighted by Crippen LogP contribution is 2.34. The van der Waals surface area contributed by atoms with Gasteiger partial charge in [0.15, 0.2) is 0 Å². The number of carbonyl (C=O) groups excluding carboxylic acids is 1. The Balaban J connectivity index is 1.75. The molecule has 1 fully saturated rings. The Morgan fingerprint density at radius 1 is 1.57 bits per heavy atom. The van der Waals surface area contributed by atoms with Crippen LogP contribution in [0.25, 0.3) is 11.3 Å². The van der Waals surface area contributed by atoms with Crippen molar-refractivity contribution in [3.63, 3.8) is 0 Å². The number of aliphatic hydroxyl groups excluding tert-OH is 1. The third-order valence-corrected chi connectivity index (χ3v) is 5.37. The molecule has 3 rings (SSSR count). The van der Waals surface area contributed by atoms with Crippen LogP contribution in [0.2, 0.25) is 0 Å². The topological polar surface area (TPSA) is 69.2 Å². The van der Waals surface area contributed by atoms with Gasteiger partial charge < -0.3 is 10.0 Å². The number of nitrogens with one attached hydrogen (secondary N) is 1. The molecule has 0 radical (unpaired) electrons. The molecule has 0 unspecified atom stereocenters. The summed E-state index contributed by atoms with van der Waals surface area (Å²) in [4.78, 5) is 14.6. The molecule has 1 amide bonds. The molecule has 0 aliphatic carbocycles. The normalized spacial score (nSPS) is 21.6. The van der Waals surface area contributed by atoms with Gasteiger partial charge in [-0.15, -0.1) is 0 Å². The summed E-state index contributed by atoms with van der Waals surface area (Å²) >= 11 is 1.61. The monoisotopic (exact) mass is 333 g/mol. The number of aromatic nitrogens is 2. The molecule has 1 aliphatic heterocycles. The van der Waals surface area contributed by atoms with Gasteiger partial charge in [-0.05, 0) is 36.8 Å². The molecule has 0 saturated carbocycles. The molecule has 1 aliphatic rings. The number of amides is 1. The minimum absolute atomic E-state index is 0.0207. The van der Waals surface area contributed by atoms with Gasteiger partial charge in [0, 0.05) is 29.4 Å². The van der Waals surface area contributed by atoms with Crippen LogP contribution in [0.1, 0.15) is 43.1 Å². The third-order valence-electron chi connectivity index (χ3n) is 4.69. The van der Waals surface area contributed by atoms with Crippen LogP contribution in [0.3, 0.4) is 0 Å². The van der Waals surface area contributed by atoms with E-state index in [1.165, 1.54) is 0 Å². The number of rotatable bonds is 5. The van der Waals surface area contributed by atoms with Crippen molar-refractivity contribution in [2.45, 2.75) is 32.6 Å². The summed E-state index contributed by atoms with van der Waals surface area (Å²) in [5.74, 6) is -0.0207. The lowest BCUT2D eigenvalue weighted by Crippen LogP contribution is -2.48. The van der Waals surface area contributed by atoms with E-state index in [9.17, 15) is 9.90 Å². The zero-order chi connectivity index (χ0) is 16.3. The van der Waals surface area contributed by atoms with Crippen LogP contribution in [0.15, 0.2) is 22.9 Å². The quantitative estimate of drug-likeness (QED) is 0.883. The fourth-order valence-corrected chi connectivity index (χ4v) is 4.13. The Morgan fingerprint density at radius 2 is 2.43 bits per heavy atom. The molecule has 6 heteroatoms. The first-order valence-corrected chi connectivity index (χ1v) is 9.10. The van der Waals surface area contributed by atoms with Gasteiger partial charge in [-0.1, -0.05) is 13.3 Å². The zero-order valence-electron chi connectivity index (χ0n) is 13.4. The Kier molecular flexibility index (Phi) is 4.82. The van der Waals surface area contributed by atoms with Gasteiger partial charge in [0.25, 0.3) is 5.91 Å². The van der Waals surface area contributed by atoms with Crippen molar-refractivity contribution in [3.05, 3.63) is 28.6 Å². The Bertz CT molecular complexity index is 649. The predicted octanol–water partition coefficient (Wildman–Crippen LogP) is 3.15. The van der Waals surface area contributed by atoms with Gasteiger partial charge >= 0.3 is 0 Å². The molecule has 1 saturated heterocycles. The van der Waals surface area contributed by atoms with Crippen molar-refractivity contribution in [2.75, 3.05) is 19.7 Å². The lowest BCUT2D eigenvalue weighted by molar-refractivity contribution is 0.0219. The van der Waals surface area contributed by atoms with E-state index >= 15 is 0 Å². The number of thiophene rings is 1. The molecule has 23 heavy (non-hydrogen) atoms. The van der Waals surface area contributed by atoms with Crippen LogP contribution in [0.4, 0.5) is 0 Å². The van der Waals surface area contributed by atoms with Gasteiger partial charge in [0.1, 0.15) is 5.69 Å². The van der Waals surface area contributed by atoms with Gasteiger partial charge in [0.2, 0.25) is 0 Å². The molecule has 124 valence electrons. The standard InChI is InChI=1S/C17H23N3O2S/c1-2-5-17(12-21)6-3-7-20(11-17)16(22)15-9-14(18-19-15)13-4-8-23-10-13/h4,8-10,21H,2-3,5-7,11-12H2,1H3,(H,18,19)/t17-/m1/s1. The summed E-state index contributed by atoms with van der Waals surface area (Å²) in [6, 6.07) is 3.81. The number of carbonyl (C=O) groups is 1. The van der Waals surface area contributed by atoms with E-state index in [1.807, 2.05) is 27.8 Å². The lowest BCUT2D eigenvalue weighted by atomic mass is 9.77. The number of aliphatic hydroxyl groups is 1. The van der Waals surface area contributed by atoms with Crippen LogP contribution in [-0.2, 0) is 0 Å². The van der Waals surface area contributed by atoms with Crippen LogP contribution < -0.4 is 0 Å². The molecule has 3 heterocycles. The van der Waals surface area contributed by atoms with Gasteiger partial charge in [0.05, 0.1) is 12.3 Å². The summed E-state index contributed by atoms with van der Waals surface area (Å²) < 4.78 is 0. The van der Waals surface area contributed by atoms with Crippen LogP contribution in [0.5, 0.6) is 0 Å². The van der Waals surface area contributed by atoms with Crippen molar-refractivity contribution in [3.8, 4) is 11.3 Å². The zero-order valence-corrected chi connectivity index (χ0v) is 14.2. The van der Waals surface area contributed by atoms with E-state index < -0.39 is 0 Å². The molecule has 2 aromatic heterocycles. The maximum absolute atomic E-state index is 12.8. The lowest BCUT2D eigenvalue weighted by Gasteiger charge is -2.41. The molecule has 0 aromatic carbocycles. The molecule has 0 spiro atoms. The summed E-state index contributed by atoms with van der Waals surface area (Å²) in [6.07, 6.45) is 3.91. The van der Waals surface area contributed by atoms with Gasteiger partial charge in [-0.2, -0.15) is 16.4 Å². The average Bonchev–Trinajstić information content (AvgIpc) is 3.25. The summed E-state index contributed by atoms with van der Waals surface area (Å²) in [6.45, 7) is 3.65. The summed E-state index contributed by atoms with van der Waals surface area (Å²) in [7, 11) is 0. The fraction of sp³-hybridized carbons (Fsp3) is 0.529. The Hall–Kier alpha value is -1.66. The smallest absolute Gasteiger partial charge is 0.271 e. The number of likely N-dealkylation sites (tertiary alicyclic amines) is 1. The molecule has 0 bridgehead atoms. The van der Waals surface area contributed by atoms with Crippen molar-refractivity contribution >= 4 is 17.2 Å². The maximum Gasteiger partial charge on any atom is 0.271 e. The minimum Gasteiger partial charge on any atom is -0.396 e. The Morgan fingerprint density at radius 3 is 3.13 bits per heavy atom. The van der Waals surface area contributed by atoms with E-state index in [2.05, 4.69) is 17.1 Å². The highest BCUT2D eigenvalue weighted by atomic mass is 32.1. The number of hydrogen-bond acceptors (Lipinski definition) is 4. The number of hydrogen-bond donors (Lipinski definition) is 2. The number of aromatic amines is 1. The molecule has 2 aromatic rings. The van der Waals surface area contributed by atoms with E-state index in [1.54, 1.807) is 11.3 Å². The second-order valence-electron chi connectivity index (χ2n) is 6.42. The Labute approximate surface area is 140 Å². The summed E-state index contributed by atoms with van der Waals surface area (Å²) in [5.41, 5.74) is 2.21. The first-order chi connectivity index (χ1) is 11.2. The van der Waals surface area contributed by atoms with Crippen LogP contribution in [0, 0.1) is 5.41 Å². The highest BCUT2D eigenvalue weighted by molar-refractivity contribution is 7.08. The third kappa shape index (κ3) is 3.33. The van der Waals surface area contributed by atoms with Crippen molar-refractivity contribution in [2.24, 2.45) is 5.41 Å². The number of nitrogens with zero attached hydrogens (tertiary/aromatic N) is 2. The molecule has 5 nitrogen and oxygen atoms in total. The first-order valence-electron chi connectivity index (χ1n) is 8.15. The molecular formula is C17H23N3O2S. The van der Waals surface area contributed by atoms with E-state index in [4.69, 9.17) is 0 Å². The average molecular weight is 333 g/mol. The SMILES string of the molecule is CCC[C@@]1(CO)CCCN(C(=O)c2cc(-c3ccsc3)n[nH]2)C1. The van der Waals surface area contributed by atoms with Crippen molar-refractivity contribution in [1.82, 2.24) is 15.1 Å². The summed E-state index contributed by atoms with van der Waals surface area (Å²) in [5, 5.41) is 21.0.